The molecular weight excluding hydrogens is 128 g/mol. The van der Waals surface area contributed by atoms with Crippen molar-refractivity contribution >= 4 is 10.4 Å². The summed E-state index contributed by atoms with van der Waals surface area (Å²) >= 11 is 0. The van der Waals surface area contributed by atoms with E-state index in [-0.39, 0.29) is 0 Å². The van der Waals surface area contributed by atoms with Gasteiger partial charge < -0.3 is 4.23 Å². The second-order valence-corrected chi connectivity index (χ2v) is 3.23. The van der Waals surface area contributed by atoms with Gasteiger partial charge in [0.05, 0.1) is 11.5 Å². The van der Waals surface area contributed by atoms with Crippen molar-refractivity contribution in [1.29, 1.82) is 0 Å². The molecule has 1 heterocycles. The van der Waals surface area contributed by atoms with Crippen LogP contribution >= 0.6 is 0 Å². The summed E-state index contributed by atoms with van der Waals surface area (Å²) in [6, 6.07) is 0. The van der Waals surface area contributed by atoms with Crippen LogP contribution < -0.4 is 0 Å². The topological polar surface area (TPSA) is 17.8 Å². The van der Waals surface area contributed by atoms with Gasteiger partial charge in [-0.15, -0.1) is 0 Å². The minimum atomic E-state index is 1.05. The molecule has 0 amide bonds. The fraction of sp³-hybridized carbons (Fsp3) is 0.500. The molecule has 0 aliphatic carbocycles. The summed E-state index contributed by atoms with van der Waals surface area (Å²) in [5.74, 6) is 1.22. The fourth-order valence-electron chi connectivity index (χ4n) is 0.995. The van der Waals surface area contributed by atoms with Gasteiger partial charge in [0.2, 0.25) is 0 Å². The molecule has 0 aliphatic heterocycles. The summed E-state index contributed by atoms with van der Waals surface area (Å²) in [6.45, 7) is 4.17. The van der Waals surface area contributed by atoms with Crippen LogP contribution in [0.25, 0.3) is 0 Å². The second-order valence-electron chi connectivity index (χ2n) is 2.26. The Morgan fingerprint density at radius 3 is 2.67 bits per heavy atom. The molecule has 9 heavy (non-hydrogen) atoms. The first-order valence-corrected chi connectivity index (χ1v) is 4.12. The molecule has 2 nitrogen and oxygen atoms in total. The van der Waals surface area contributed by atoms with Crippen molar-refractivity contribution < 1.29 is 0 Å². The third-order valence-electron chi connectivity index (χ3n) is 1.41. The molecule has 0 bridgehead atoms. The second kappa shape index (κ2) is 2.35. The van der Waals surface area contributed by atoms with E-state index in [0.29, 0.717) is 0 Å². The Hall–Kier alpha value is -0.573. The number of imidazole rings is 1. The molecule has 0 aromatic carbocycles. The maximum atomic E-state index is 4.33. The average Bonchev–Trinajstić information content (AvgIpc) is 2.10. The smallest absolute Gasteiger partial charge is 0.114 e. The van der Waals surface area contributed by atoms with E-state index in [1.165, 1.54) is 5.82 Å². The van der Waals surface area contributed by atoms with E-state index < -0.39 is 0 Å². The van der Waals surface area contributed by atoms with Crippen molar-refractivity contribution in [2.45, 2.75) is 20.3 Å². The summed E-state index contributed by atoms with van der Waals surface area (Å²) in [6.07, 6.45) is 3.16. The summed E-state index contributed by atoms with van der Waals surface area (Å²) in [5.41, 5.74) is 1.14. The van der Waals surface area contributed by atoms with E-state index >= 15 is 0 Å². The predicted octanol–water partition coefficient (Wildman–Crippen LogP) is -0.118. The molecule has 0 saturated heterocycles. The largest absolute Gasteiger partial charge is 0.371 e. The van der Waals surface area contributed by atoms with E-state index in [2.05, 4.69) is 22.3 Å². The molecular formula is C6H12N2Si. The predicted molar refractivity (Wildman–Crippen MR) is 41.7 cm³/mol. The van der Waals surface area contributed by atoms with E-state index in [0.717, 1.165) is 22.5 Å². The molecule has 50 valence electrons. The van der Waals surface area contributed by atoms with Crippen LogP contribution in [0.15, 0.2) is 6.20 Å². The number of aromatic nitrogens is 2. The number of nitrogens with zero attached hydrogens (tertiary/aromatic N) is 2. The first-order chi connectivity index (χ1) is 4.24. The first-order valence-electron chi connectivity index (χ1n) is 3.23. The summed E-state index contributed by atoms with van der Waals surface area (Å²) < 4.78 is 2.20. The average molecular weight is 140 g/mol. The molecule has 0 aliphatic rings. The van der Waals surface area contributed by atoms with Gasteiger partial charge in [-0.2, -0.15) is 0 Å². The lowest BCUT2D eigenvalue weighted by Crippen LogP contribution is -1.95. The van der Waals surface area contributed by atoms with Gasteiger partial charge in [-0.3, -0.25) is 0 Å². The maximum Gasteiger partial charge on any atom is 0.114 e. The van der Waals surface area contributed by atoms with E-state index in [1.54, 1.807) is 0 Å². The van der Waals surface area contributed by atoms with Crippen molar-refractivity contribution in [3.63, 3.8) is 0 Å². The van der Waals surface area contributed by atoms with Gasteiger partial charge in [-0.1, -0.05) is 6.92 Å². The van der Waals surface area contributed by atoms with Crippen molar-refractivity contribution in [3.05, 3.63) is 17.7 Å². The minimum Gasteiger partial charge on any atom is -0.371 e. The highest BCUT2D eigenvalue weighted by Crippen LogP contribution is 1.98. The van der Waals surface area contributed by atoms with Gasteiger partial charge in [0, 0.05) is 12.6 Å². The van der Waals surface area contributed by atoms with Crippen LogP contribution in [0, 0.1) is 6.92 Å². The van der Waals surface area contributed by atoms with Crippen LogP contribution in [0.2, 0.25) is 0 Å². The molecule has 0 saturated carbocycles. The third kappa shape index (κ3) is 1.21. The number of aryl methyl sites for hydroxylation is 2. The lowest BCUT2D eigenvalue weighted by atomic mass is 10.5. The van der Waals surface area contributed by atoms with Crippen LogP contribution in [-0.4, -0.2) is 19.6 Å². The zero-order chi connectivity index (χ0) is 6.85. The quantitative estimate of drug-likeness (QED) is 0.497. The molecule has 0 N–H and O–H groups in total. The minimum absolute atomic E-state index is 1.05. The Morgan fingerprint density at radius 1 is 1.78 bits per heavy atom. The van der Waals surface area contributed by atoms with E-state index in [1.807, 2.05) is 6.92 Å². The highest BCUT2D eigenvalue weighted by Gasteiger charge is 1.95. The van der Waals surface area contributed by atoms with Crippen LogP contribution in [0.3, 0.4) is 0 Å². The first kappa shape index (κ1) is 6.55. The van der Waals surface area contributed by atoms with Gasteiger partial charge in [0.25, 0.3) is 0 Å². The van der Waals surface area contributed by atoms with E-state index in [4.69, 9.17) is 0 Å². The normalized spacial score (nSPS) is 10.4. The van der Waals surface area contributed by atoms with Crippen molar-refractivity contribution in [1.82, 2.24) is 9.22 Å². The summed E-state index contributed by atoms with van der Waals surface area (Å²) in [5, 5.41) is 0. The Bertz CT molecular complexity index is 205. The molecule has 1 rings (SSSR count). The molecule has 0 spiro atoms. The van der Waals surface area contributed by atoms with Gasteiger partial charge >= 0.3 is 0 Å². The molecule has 3 heteroatoms. The lowest BCUT2D eigenvalue weighted by Gasteiger charge is -1.93. The molecule has 0 fully saturated rings. The number of rotatable bonds is 1. The monoisotopic (exact) mass is 140 g/mol. The molecule has 0 unspecified atom stereocenters. The van der Waals surface area contributed by atoms with Crippen LogP contribution in [0.1, 0.15) is 18.4 Å². The third-order valence-corrected chi connectivity index (χ3v) is 2.18. The SMILES string of the molecule is CCc1nc(C)cn1[SiH3]. The van der Waals surface area contributed by atoms with Gasteiger partial charge in [-0.05, 0) is 6.92 Å². The Morgan fingerprint density at radius 2 is 2.44 bits per heavy atom. The molecule has 1 aromatic heterocycles. The highest BCUT2D eigenvalue weighted by atomic mass is 28.2. The van der Waals surface area contributed by atoms with E-state index in [9.17, 15) is 0 Å². The van der Waals surface area contributed by atoms with Crippen LogP contribution in [0.5, 0.6) is 0 Å². The van der Waals surface area contributed by atoms with Gasteiger partial charge in [0.15, 0.2) is 0 Å². The Labute approximate surface area is 58.4 Å². The highest BCUT2D eigenvalue weighted by molar-refractivity contribution is 6.06. The zero-order valence-corrected chi connectivity index (χ0v) is 8.18. The standard InChI is InChI=1S/C6H12N2Si/c1-3-6-7-5(2)4-8(6)9/h4H,3H2,1-2,9H3. The van der Waals surface area contributed by atoms with Crippen molar-refractivity contribution in [2.75, 3.05) is 0 Å². The number of hydrogen-bond acceptors (Lipinski definition) is 1. The van der Waals surface area contributed by atoms with Crippen molar-refractivity contribution in [2.24, 2.45) is 0 Å². The maximum absolute atomic E-state index is 4.33. The molecule has 0 radical (unpaired) electrons. The molecule has 0 atom stereocenters. The van der Waals surface area contributed by atoms with Crippen LogP contribution in [-0.2, 0) is 6.42 Å². The lowest BCUT2D eigenvalue weighted by molar-refractivity contribution is 0.947. The summed E-state index contributed by atoms with van der Waals surface area (Å²) in [7, 11) is 1.06. The van der Waals surface area contributed by atoms with Gasteiger partial charge in [0.1, 0.15) is 10.4 Å². The van der Waals surface area contributed by atoms with Crippen LogP contribution in [0.4, 0.5) is 0 Å². The fourth-order valence-corrected chi connectivity index (χ4v) is 1.78. The zero-order valence-electron chi connectivity index (χ0n) is 6.18. The Kier molecular flexibility index (Phi) is 1.71. The number of hydrogen-bond donors (Lipinski definition) is 0. The summed E-state index contributed by atoms with van der Waals surface area (Å²) in [4.78, 5) is 4.33. The molecule has 1 aromatic rings. The van der Waals surface area contributed by atoms with Crippen molar-refractivity contribution in [3.8, 4) is 0 Å². The van der Waals surface area contributed by atoms with Gasteiger partial charge in [-0.25, -0.2) is 4.98 Å². The Balaban J connectivity index is 3.01.